The van der Waals surface area contributed by atoms with Crippen molar-refractivity contribution in [1.82, 2.24) is 9.80 Å². The molecule has 4 rings (SSSR count). The van der Waals surface area contributed by atoms with Crippen molar-refractivity contribution in [2.45, 2.75) is 64.6 Å². The number of carboxylic acids is 1. The lowest BCUT2D eigenvalue weighted by Crippen LogP contribution is -2.61. The minimum Gasteiger partial charge on any atom is -0.481 e. The quantitative estimate of drug-likeness (QED) is 0.740. The first-order chi connectivity index (χ1) is 14.2. The van der Waals surface area contributed by atoms with Gasteiger partial charge in [-0.2, -0.15) is 0 Å². The van der Waals surface area contributed by atoms with E-state index in [1.807, 2.05) is 0 Å². The van der Waals surface area contributed by atoms with Crippen LogP contribution in [0.15, 0.2) is 5.16 Å². The molecule has 3 aliphatic heterocycles. The molecule has 0 aromatic carbocycles. The second-order valence-corrected chi connectivity index (χ2v) is 10.1. The van der Waals surface area contributed by atoms with Crippen LogP contribution in [0.25, 0.3) is 0 Å². The molecular formula is C21H33N3O6. The Kier molecular flexibility index (Phi) is 5.36. The van der Waals surface area contributed by atoms with E-state index < -0.39 is 28.5 Å². The van der Waals surface area contributed by atoms with Gasteiger partial charge in [0.2, 0.25) is 5.90 Å². The number of amides is 1. The topological polar surface area (TPSA) is 101 Å². The highest BCUT2D eigenvalue weighted by Crippen LogP contribution is 2.63. The maximum atomic E-state index is 12.7. The minimum absolute atomic E-state index is 0.0937. The maximum Gasteiger partial charge on any atom is 0.410 e. The Bertz CT molecular complexity index is 729. The molecule has 0 aromatic rings. The molecule has 9 heteroatoms. The molecule has 1 saturated carbocycles. The van der Waals surface area contributed by atoms with E-state index in [-0.39, 0.29) is 19.2 Å². The number of hydrogen-bond donors (Lipinski definition) is 1. The highest BCUT2D eigenvalue weighted by Gasteiger charge is 2.73. The van der Waals surface area contributed by atoms with Crippen molar-refractivity contribution < 1.29 is 29.0 Å². The van der Waals surface area contributed by atoms with Crippen LogP contribution in [0.3, 0.4) is 0 Å². The normalized spacial score (nSPS) is 34.2. The van der Waals surface area contributed by atoms with Gasteiger partial charge in [0.25, 0.3) is 0 Å². The molecule has 3 heterocycles. The number of fused-ring (bicyclic) bond motifs is 1. The average molecular weight is 424 g/mol. The molecule has 0 unspecified atom stereocenters. The zero-order valence-corrected chi connectivity index (χ0v) is 18.2. The molecule has 1 amide bonds. The van der Waals surface area contributed by atoms with E-state index in [2.05, 4.69) is 10.1 Å². The van der Waals surface area contributed by atoms with Crippen molar-refractivity contribution in [3.05, 3.63) is 0 Å². The van der Waals surface area contributed by atoms with Crippen LogP contribution >= 0.6 is 0 Å². The number of aliphatic carboxylic acids is 1. The number of hydrogen-bond acceptors (Lipinski definition) is 7. The predicted molar refractivity (Wildman–Crippen MR) is 108 cm³/mol. The van der Waals surface area contributed by atoms with Gasteiger partial charge in [-0.25, -0.2) is 4.79 Å². The third-order valence-electron chi connectivity index (χ3n) is 6.88. The first-order valence-electron chi connectivity index (χ1n) is 11.0. The molecule has 1 N–H and O–H groups in total. The summed E-state index contributed by atoms with van der Waals surface area (Å²) < 4.78 is 11.7. The molecule has 3 fully saturated rings. The molecule has 0 spiro atoms. The summed E-state index contributed by atoms with van der Waals surface area (Å²) >= 11 is 0. The van der Waals surface area contributed by atoms with Gasteiger partial charge in [0.05, 0.1) is 5.41 Å². The van der Waals surface area contributed by atoms with Crippen molar-refractivity contribution in [2.75, 3.05) is 39.3 Å². The Labute approximate surface area is 177 Å². The van der Waals surface area contributed by atoms with Crippen LogP contribution in [0.2, 0.25) is 0 Å². The Balaban J connectivity index is 1.51. The van der Waals surface area contributed by atoms with Crippen LogP contribution in [-0.2, 0) is 19.1 Å². The molecule has 30 heavy (non-hydrogen) atoms. The Morgan fingerprint density at radius 3 is 2.53 bits per heavy atom. The van der Waals surface area contributed by atoms with E-state index >= 15 is 0 Å². The van der Waals surface area contributed by atoms with Gasteiger partial charge in [-0.3, -0.25) is 9.69 Å². The molecule has 4 aliphatic rings. The lowest BCUT2D eigenvalue weighted by atomic mass is 9.51. The van der Waals surface area contributed by atoms with E-state index in [0.717, 1.165) is 19.6 Å². The van der Waals surface area contributed by atoms with E-state index in [1.54, 1.807) is 20.8 Å². The largest absolute Gasteiger partial charge is 0.481 e. The maximum absolute atomic E-state index is 12.7. The van der Waals surface area contributed by atoms with Crippen LogP contribution < -0.4 is 0 Å². The van der Waals surface area contributed by atoms with Crippen LogP contribution in [0.5, 0.6) is 0 Å². The summed E-state index contributed by atoms with van der Waals surface area (Å²) in [5.74, 6) is -0.597. The monoisotopic (exact) mass is 423 g/mol. The van der Waals surface area contributed by atoms with Crippen molar-refractivity contribution in [3.63, 3.8) is 0 Å². The van der Waals surface area contributed by atoms with E-state index in [1.165, 1.54) is 24.2 Å². The summed E-state index contributed by atoms with van der Waals surface area (Å²) in [4.78, 5) is 34.4. The smallest absolute Gasteiger partial charge is 0.410 e. The number of likely N-dealkylation sites (tertiary alicyclic amines) is 2. The summed E-state index contributed by atoms with van der Waals surface area (Å²) in [5, 5.41) is 14.3. The van der Waals surface area contributed by atoms with Gasteiger partial charge in [-0.15, -0.1) is 0 Å². The van der Waals surface area contributed by atoms with Crippen LogP contribution in [0.4, 0.5) is 4.79 Å². The first-order valence-corrected chi connectivity index (χ1v) is 11.0. The summed E-state index contributed by atoms with van der Waals surface area (Å²) in [6, 6.07) is 0. The zero-order valence-electron chi connectivity index (χ0n) is 18.2. The lowest BCUT2D eigenvalue weighted by molar-refractivity contribution is -0.163. The van der Waals surface area contributed by atoms with Crippen LogP contribution in [-0.4, -0.2) is 83.9 Å². The third kappa shape index (κ3) is 3.61. The van der Waals surface area contributed by atoms with Gasteiger partial charge >= 0.3 is 12.1 Å². The Morgan fingerprint density at radius 1 is 1.20 bits per heavy atom. The first kappa shape index (κ1) is 21.2. The molecule has 0 bridgehead atoms. The second-order valence-electron chi connectivity index (χ2n) is 10.1. The molecule has 0 aromatic heterocycles. The zero-order chi connectivity index (χ0) is 21.6. The average Bonchev–Trinajstić information content (AvgIpc) is 2.90. The SMILES string of the molecule is CC(C)(C)OC(=O)N1C[C@@]2(C(=O)O)CC[C@@]2(C2=NOC[C@@H](CN3CCCCC3)O2)C1. The van der Waals surface area contributed by atoms with Crippen molar-refractivity contribution in [2.24, 2.45) is 16.0 Å². The van der Waals surface area contributed by atoms with E-state index in [9.17, 15) is 14.7 Å². The van der Waals surface area contributed by atoms with Crippen molar-refractivity contribution >= 4 is 18.0 Å². The fraction of sp³-hybridized carbons (Fsp3) is 0.857. The summed E-state index contributed by atoms with van der Waals surface area (Å²) in [7, 11) is 0. The predicted octanol–water partition coefficient (Wildman–Crippen LogP) is 2.30. The fourth-order valence-electron chi connectivity index (χ4n) is 5.22. The van der Waals surface area contributed by atoms with E-state index in [4.69, 9.17) is 14.3 Å². The number of rotatable bonds is 4. The number of oxime groups is 1. The number of ether oxygens (including phenoxy) is 2. The Morgan fingerprint density at radius 2 is 1.93 bits per heavy atom. The van der Waals surface area contributed by atoms with Gasteiger partial charge in [-0.05, 0) is 59.5 Å². The molecule has 0 radical (unpaired) electrons. The van der Waals surface area contributed by atoms with Gasteiger partial charge in [0, 0.05) is 19.6 Å². The lowest BCUT2D eigenvalue weighted by Gasteiger charge is -2.51. The number of piperidine rings is 1. The molecular weight excluding hydrogens is 390 g/mol. The van der Waals surface area contributed by atoms with Crippen molar-refractivity contribution in [1.29, 1.82) is 0 Å². The van der Waals surface area contributed by atoms with Crippen LogP contribution in [0, 0.1) is 10.8 Å². The fourth-order valence-corrected chi connectivity index (χ4v) is 5.22. The molecule has 2 saturated heterocycles. The standard InChI is InChI=1S/C21H33N3O6/c1-19(2,3)30-18(27)24-13-20(7-8-21(20,14-24)17(25)26)16-22-28-12-15(29-16)11-23-9-5-4-6-10-23/h15H,4-14H2,1-3H3,(H,25,26)/t15-,20+,21-/m1/s1. The Hall–Kier alpha value is -2.03. The van der Waals surface area contributed by atoms with Gasteiger partial charge in [0.1, 0.15) is 17.1 Å². The molecule has 1 aliphatic carbocycles. The van der Waals surface area contributed by atoms with Gasteiger partial charge in [0.15, 0.2) is 6.61 Å². The minimum atomic E-state index is -1.11. The highest BCUT2D eigenvalue weighted by molar-refractivity contribution is 5.95. The van der Waals surface area contributed by atoms with E-state index in [0.29, 0.717) is 25.3 Å². The third-order valence-corrected chi connectivity index (χ3v) is 6.88. The summed E-state index contributed by atoms with van der Waals surface area (Å²) in [6.45, 7) is 8.88. The van der Waals surface area contributed by atoms with Crippen molar-refractivity contribution in [3.8, 4) is 0 Å². The molecule has 3 atom stereocenters. The number of carboxylic acid groups (broad SMARTS) is 1. The summed E-state index contributed by atoms with van der Waals surface area (Å²) in [5.41, 5.74) is -2.63. The molecule has 9 nitrogen and oxygen atoms in total. The molecule has 168 valence electrons. The highest BCUT2D eigenvalue weighted by atomic mass is 16.7. The number of carbonyl (C=O) groups is 2. The summed E-state index contributed by atoms with van der Waals surface area (Å²) in [6.07, 6.45) is 4.01. The van der Waals surface area contributed by atoms with Gasteiger partial charge in [-0.1, -0.05) is 11.6 Å². The second kappa shape index (κ2) is 7.59. The van der Waals surface area contributed by atoms with Gasteiger partial charge < -0.3 is 24.3 Å². The number of nitrogens with zero attached hydrogens (tertiary/aromatic N) is 3. The van der Waals surface area contributed by atoms with Crippen LogP contribution in [0.1, 0.15) is 52.9 Å². The number of carbonyl (C=O) groups excluding carboxylic acids is 1.